The summed E-state index contributed by atoms with van der Waals surface area (Å²) in [6, 6.07) is -0.269. The van der Waals surface area contributed by atoms with Crippen LogP contribution in [0.4, 0.5) is 4.79 Å². The molecule has 5 heteroatoms. The van der Waals surface area contributed by atoms with E-state index in [4.69, 9.17) is 5.11 Å². The van der Waals surface area contributed by atoms with Crippen LogP contribution in [0.1, 0.15) is 46.0 Å². The fourth-order valence-electron chi connectivity index (χ4n) is 2.60. The zero-order chi connectivity index (χ0) is 14.3. The summed E-state index contributed by atoms with van der Waals surface area (Å²) in [6.45, 7) is 4.91. The van der Waals surface area contributed by atoms with E-state index in [9.17, 15) is 9.59 Å². The van der Waals surface area contributed by atoms with Crippen LogP contribution in [-0.2, 0) is 4.79 Å². The van der Waals surface area contributed by atoms with E-state index in [-0.39, 0.29) is 12.6 Å². The van der Waals surface area contributed by atoms with Crippen LogP contribution in [0, 0.1) is 11.8 Å². The number of likely N-dealkylation sites (N-methyl/N-ethyl adjacent to an activating group) is 1. The molecule has 1 rings (SSSR count). The Bertz CT molecular complexity index is 299. The van der Waals surface area contributed by atoms with Gasteiger partial charge in [-0.15, -0.1) is 0 Å². The summed E-state index contributed by atoms with van der Waals surface area (Å²) in [5.74, 6) is 0.585. The van der Waals surface area contributed by atoms with Crippen molar-refractivity contribution in [2.45, 2.75) is 46.0 Å². The molecule has 0 aromatic rings. The minimum Gasteiger partial charge on any atom is -0.480 e. The molecule has 0 aromatic heterocycles. The van der Waals surface area contributed by atoms with Crippen molar-refractivity contribution < 1.29 is 14.7 Å². The maximum absolute atomic E-state index is 11.8. The zero-order valence-electron chi connectivity index (χ0n) is 12.0. The van der Waals surface area contributed by atoms with Gasteiger partial charge < -0.3 is 15.3 Å². The number of carboxylic acids is 1. The zero-order valence-corrected chi connectivity index (χ0v) is 12.0. The Labute approximate surface area is 115 Å². The Balaban J connectivity index is 2.20. The average Bonchev–Trinajstić information content (AvgIpc) is 2.38. The second kappa shape index (κ2) is 8.02. The largest absolute Gasteiger partial charge is 0.480 e. The van der Waals surface area contributed by atoms with Crippen molar-refractivity contribution in [3.8, 4) is 0 Å². The van der Waals surface area contributed by atoms with E-state index >= 15 is 0 Å². The van der Waals surface area contributed by atoms with Crippen molar-refractivity contribution >= 4 is 12.0 Å². The minimum atomic E-state index is -0.974. The lowest BCUT2D eigenvalue weighted by Crippen LogP contribution is -2.43. The van der Waals surface area contributed by atoms with Gasteiger partial charge in [0.15, 0.2) is 0 Å². The number of carboxylic acid groups (broad SMARTS) is 1. The average molecular weight is 270 g/mol. The number of carbonyl (C=O) groups is 2. The monoisotopic (exact) mass is 270 g/mol. The number of nitrogens with one attached hydrogen (secondary N) is 1. The van der Waals surface area contributed by atoms with E-state index in [0.29, 0.717) is 19.0 Å². The topological polar surface area (TPSA) is 69.6 Å². The van der Waals surface area contributed by atoms with Crippen LogP contribution in [0.25, 0.3) is 0 Å². The van der Waals surface area contributed by atoms with Crippen LogP contribution in [0.15, 0.2) is 0 Å². The van der Waals surface area contributed by atoms with Gasteiger partial charge in [-0.05, 0) is 25.2 Å². The van der Waals surface area contributed by atoms with Crippen molar-refractivity contribution in [3.05, 3.63) is 0 Å². The highest BCUT2D eigenvalue weighted by Gasteiger charge is 2.19. The Morgan fingerprint density at radius 2 is 1.89 bits per heavy atom. The van der Waals surface area contributed by atoms with Crippen molar-refractivity contribution in [1.82, 2.24) is 10.2 Å². The lowest BCUT2D eigenvalue weighted by atomic mass is 9.81. The van der Waals surface area contributed by atoms with E-state index < -0.39 is 5.97 Å². The molecule has 110 valence electrons. The summed E-state index contributed by atoms with van der Waals surface area (Å²) >= 11 is 0. The molecule has 0 atom stereocenters. The summed E-state index contributed by atoms with van der Waals surface area (Å²) in [5, 5.41) is 11.5. The van der Waals surface area contributed by atoms with Gasteiger partial charge >= 0.3 is 12.0 Å². The smallest absolute Gasteiger partial charge is 0.323 e. The molecule has 2 amide bonds. The van der Waals surface area contributed by atoms with Gasteiger partial charge in [0.05, 0.1) is 0 Å². The lowest BCUT2D eigenvalue weighted by Gasteiger charge is -2.26. The maximum Gasteiger partial charge on any atom is 0.323 e. The lowest BCUT2D eigenvalue weighted by molar-refractivity contribution is -0.137. The third-order valence-electron chi connectivity index (χ3n) is 3.96. The molecular formula is C14H26N2O3. The summed E-state index contributed by atoms with van der Waals surface area (Å²) < 4.78 is 0. The van der Waals surface area contributed by atoms with E-state index in [2.05, 4.69) is 12.2 Å². The highest BCUT2D eigenvalue weighted by Crippen LogP contribution is 2.29. The molecule has 0 spiro atoms. The molecule has 0 aromatic carbocycles. The summed E-state index contributed by atoms with van der Waals surface area (Å²) in [5.41, 5.74) is 0. The normalized spacial score (nSPS) is 22.8. The van der Waals surface area contributed by atoms with Crippen LogP contribution >= 0.6 is 0 Å². The molecule has 0 heterocycles. The molecule has 1 saturated carbocycles. The first-order valence-corrected chi connectivity index (χ1v) is 7.27. The first kappa shape index (κ1) is 15.8. The SMILES string of the molecule is CCN(CC(=O)O)C(=O)NCCC1CCC(C)CC1. The number of rotatable bonds is 6. The molecule has 1 fully saturated rings. The predicted molar refractivity (Wildman–Crippen MR) is 74.0 cm³/mol. The van der Waals surface area contributed by atoms with E-state index in [1.807, 2.05) is 0 Å². The van der Waals surface area contributed by atoms with Crippen LogP contribution < -0.4 is 5.32 Å². The van der Waals surface area contributed by atoms with Gasteiger partial charge in [-0.3, -0.25) is 4.79 Å². The molecule has 0 aliphatic heterocycles. The Kier molecular flexibility index (Phi) is 6.67. The van der Waals surface area contributed by atoms with Crippen LogP contribution in [0.2, 0.25) is 0 Å². The second-order valence-corrected chi connectivity index (χ2v) is 5.55. The van der Waals surface area contributed by atoms with Gasteiger partial charge in [0.1, 0.15) is 6.54 Å². The van der Waals surface area contributed by atoms with Crippen molar-refractivity contribution in [1.29, 1.82) is 0 Å². The number of carbonyl (C=O) groups excluding carboxylic acids is 1. The molecule has 1 aliphatic rings. The molecule has 0 unspecified atom stereocenters. The highest BCUT2D eigenvalue weighted by atomic mass is 16.4. The number of amides is 2. The second-order valence-electron chi connectivity index (χ2n) is 5.55. The minimum absolute atomic E-state index is 0.233. The summed E-state index contributed by atoms with van der Waals surface area (Å²) in [6.07, 6.45) is 6.09. The molecule has 0 saturated heterocycles. The fourth-order valence-corrected chi connectivity index (χ4v) is 2.60. The Hall–Kier alpha value is -1.26. The fraction of sp³-hybridized carbons (Fsp3) is 0.857. The number of aliphatic carboxylic acids is 1. The molecule has 0 bridgehead atoms. The van der Waals surface area contributed by atoms with Crippen LogP contribution in [0.5, 0.6) is 0 Å². The Morgan fingerprint density at radius 1 is 1.26 bits per heavy atom. The molecule has 2 N–H and O–H groups in total. The first-order valence-electron chi connectivity index (χ1n) is 7.27. The number of hydrogen-bond donors (Lipinski definition) is 2. The van der Waals surface area contributed by atoms with Gasteiger partial charge in [-0.1, -0.05) is 32.6 Å². The standard InChI is InChI=1S/C14H26N2O3/c1-3-16(10-13(17)18)14(19)15-9-8-12-6-4-11(2)5-7-12/h11-12H,3-10H2,1-2H3,(H,15,19)(H,17,18). The van der Waals surface area contributed by atoms with Gasteiger partial charge in [-0.2, -0.15) is 0 Å². The summed E-state index contributed by atoms with van der Waals surface area (Å²) in [7, 11) is 0. The molecule has 5 nitrogen and oxygen atoms in total. The first-order chi connectivity index (χ1) is 9.02. The van der Waals surface area contributed by atoms with E-state index in [1.54, 1.807) is 6.92 Å². The van der Waals surface area contributed by atoms with E-state index in [1.165, 1.54) is 30.6 Å². The maximum atomic E-state index is 11.8. The van der Waals surface area contributed by atoms with Gasteiger partial charge in [0.2, 0.25) is 0 Å². The molecule has 0 radical (unpaired) electrons. The van der Waals surface area contributed by atoms with E-state index in [0.717, 1.165) is 12.3 Å². The highest BCUT2D eigenvalue weighted by molar-refractivity contribution is 5.79. The molecular weight excluding hydrogens is 244 g/mol. The van der Waals surface area contributed by atoms with Gasteiger partial charge in [-0.25, -0.2) is 4.79 Å². The predicted octanol–water partition coefficient (Wildman–Crippen LogP) is 2.32. The van der Waals surface area contributed by atoms with Crippen molar-refractivity contribution in [3.63, 3.8) is 0 Å². The van der Waals surface area contributed by atoms with Gasteiger partial charge in [0.25, 0.3) is 0 Å². The molecule has 19 heavy (non-hydrogen) atoms. The van der Waals surface area contributed by atoms with Gasteiger partial charge in [0, 0.05) is 13.1 Å². The number of nitrogens with zero attached hydrogens (tertiary/aromatic N) is 1. The Morgan fingerprint density at radius 3 is 2.42 bits per heavy atom. The third kappa shape index (κ3) is 5.94. The quantitative estimate of drug-likeness (QED) is 0.778. The van der Waals surface area contributed by atoms with Crippen LogP contribution in [0.3, 0.4) is 0 Å². The van der Waals surface area contributed by atoms with Crippen molar-refractivity contribution in [2.24, 2.45) is 11.8 Å². The summed E-state index contributed by atoms with van der Waals surface area (Å²) in [4.78, 5) is 23.7. The third-order valence-corrected chi connectivity index (χ3v) is 3.96. The molecule has 1 aliphatic carbocycles. The number of urea groups is 1. The van der Waals surface area contributed by atoms with Crippen molar-refractivity contribution in [2.75, 3.05) is 19.6 Å². The number of hydrogen-bond acceptors (Lipinski definition) is 2. The van der Waals surface area contributed by atoms with Crippen LogP contribution in [-0.4, -0.2) is 41.6 Å².